The van der Waals surface area contributed by atoms with E-state index in [2.05, 4.69) is 21.2 Å². The molecular formula is C25H23BrN2O2. The molecule has 0 bridgehead atoms. The zero-order valence-corrected chi connectivity index (χ0v) is 18.3. The molecule has 0 unspecified atom stereocenters. The number of amides is 3. The van der Waals surface area contributed by atoms with Crippen molar-refractivity contribution >= 4 is 39.6 Å². The molecule has 0 spiro atoms. The lowest BCUT2D eigenvalue weighted by atomic mass is 10.1. The Morgan fingerprint density at radius 1 is 0.900 bits per heavy atom. The Labute approximate surface area is 185 Å². The van der Waals surface area contributed by atoms with E-state index < -0.39 is 6.03 Å². The highest BCUT2D eigenvalue weighted by Gasteiger charge is 2.26. The molecule has 3 rings (SSSR count). The number of nitrogens with zero attached hydrogens (tertiary/aromatic N) is 1. The second-order valence-electron chi connectivity index (χ2n) is 6.78. The Morgan fingerprint density at radius 2 is 1.50 bits per heavy atom. The molecule has 0 radical (unpaired) electrons. The summed E-state index contributed by atoms with van der Waals surface area (Å²) >= 11 is 3.42. The average Bonchev–Trinajstić information content (AvgIpc) is 2.78. The molecule has 0 aromatic heterocycles. The van der Waals surface area contributed by atoms with Gasteiger partial charge in [-0.25, -0.2) is 9.69 Å². The zero-order valence-electron chi connectivity index (χ0n) is 16.7. The van der Waals surface area contributed by atoms with Crippen molar-refractivity contribution in [3.63, 3.8) is 0 Å². The van der Waals surface area contributed by atoms with Crippen LogP contribution in [0.3, 0.4) is 0 Å². The number of anilines is 1. The fourth-order valence-electron chi connectivity index (χ4n) is 2.99. The van der Waals surface area contributed by atoms with E-state index in [1.165, 1.54) is 4.90 Å². The number of rotatable bonds is 6. The number of carbonyl (C=O) groups excluding carboxylic acids is 2. The maximum atomic E-state index is 13.4. The third kappa shape index (κ3) is 5.45. The minimum absolute atomic E-state index is 0.329. The van der Waals surface area contributed by atoms with Gasteiger partial charge in [0.05, 0.1) is 5.69 Å². The molecule has 30 heavy (non-hydrogen) atoms. The van der Waals surface area contributed by atoms with E-state index in [9.17, 15) is 9.59 Å². The molecule has 152 valence electrons. The summed E-state index contributed by atoms with van der Waals surface area (Å²) in [5.74, 6) is -0.369. The summed E-state index contributed by atoms with van der Waals surface area (Å²) in [6.45, 7) is 2.32. The molecule has 3 aromatic carbocycles. The van der Waals surface area contributed by atoms with Gasteiger partial charge in [-0.3, -0.25) is 4.79 Å². The van der Waals surface area contributed by atoms with Gasteiger partial charge in [0, 0.05) is 17.4 Å². The van der Waals surface area contributed by atoms with Gasteiger partial charge in [0.1, 0.15) is 0 Å². The number of aryl methyl sites for hydroxylation is 1. The van der Waals surface area contributed by atoms with Gasteiger partial charge in [0.2, 0.25) is 0 Å². The number of imide groups is 1. The van der Waals surface area contributed by atoms with Crippen molar-refractivity contribution in [3.8, 4) is 0 Å². The van der Waals surface area contributed by atoms with Crippen LogP contribution in [0.1, 0.15) is 16.7 Å². The molecule has 0 fully saturated rings. The summed E-state index contributed by atoms with van der Waals surface area (Å²) in [4.78, 5) is 27.6. The van der Waals surface area contributed by atoms with Gasteiger partial charge in [-0.05, 0) is 41.8 Å². The number of alkyl halides is 1. The van der Waals surface area contributed by atoms with Crippen molar-refractivity contribution in [1.29, 1.82) is 0 Å². The normalized spacial score (nSPS) is 11.1. The number of halogens is 1. The van der Waals surface area contributed by atoms with E-state index in [1.807, 2.05) is 73.7 Å². The van der Waals surface area contributed by atoms with Crippen LogP contribution in [0.25, 0.3) is 6.08 Å². The van der Waals surface area contributed by atoms with Crippen LogP contribution in [0, 0.1) is 6.92 Å². The van der Waals surface area contributed by atoms with E-state index in [1.54, 1.807) is 24.3 Å². The SMILES string of the molecule is Cc1ccccc1/C=C(\CBr)C(=O)N(C(=O)NCc1ccccc1)c1ccccc1. The Morgan fingerprint density at radius 3 is 2.13 bits per heavy atom. The summed E-state index contributed by atoms with van der Waals surface area (Å²) in [5, 5.41) is 3.19. The quantitative estimate of drug-likeness (QED) is 0.376. The average molecular weight is 463 g/mol. The summed E-state index contributed by atoms with van der Waals surface area (Å²) in [7, 11) is 0. The van der Waals surface area contributed by atoms with Crippen LogP contribution in [-0.2, 0) is 11.3 Å². The van der Waals surface area contributed by atoms with E-state index in [4.69, 9.17) is 0 Å². The van der Waals surface area contributed by atoms with Gasteiger partial charge in [-0.1, -0.05) is 88.7 Å². The molecule has 1 N–H and O–H groups in total. The van der Waals surface area contributed by atoms with Crippen LogP contribution < -0.4 is 10.2 Å². The summed E-state index contributed by atoms with van der Waals surface area (Å²) in [6.07, 6.45) is 1.83. The Balaban J connectivity index is 1.90. The van der Waals surface area contributed by atoms with Gasteiger partial charge in [-0.15, -0.1) is 0 Å². The topological polar surface area (TPSA) is 49.4 Å². The molecule has 0 saturated heterocycles. The van der Waals surface area contributed by atoms with Crippen LogP contribution >= 0.6 is 15.9 Å². The van der Waals surface area contributed by atoms with E-state index in [0.717, 1.165) is 16.7 Å². The van der Waals surface area contributed by atoms with Gasteiger partial charge in [0.15, 0.2) is 0 Å². The maximum Gasteiger partial charge on any atom is 0.329 e. The molecular weight excluding hydrogens is 440 g/mol. The minimum atomic E-state index is -0.466. The fraction of sp³-hybridized carbons (Fsp3) is 0.120. The smallest absolute Gasteiger partial charge is 0.329 e. The van der Waals surface area contributed by atoms with Crippen molar-refractivity contribution in [2.75, 3.05) is 10.2 Å². The van der Waals surface area contributed by atoms with Crippen LogP contribution in [0.15, 0.2) is 90.5 Å². The van der Waals surface area contributed by atoms with Gasteiger partial charge >= 0.3 is 6.03 Å². The molecule has 3 aromatic rings. The first-order chi connectivity index (χ1) is 14.6. The van der Waals surface area contributed by atoms with Gasteiger partial charge in [0.25, 0.3) is 5.91 Å². The van der Waals surface area contributed by atoms with Crippen molar-refractivity contribution < 1.29 is 9.59 Å². The van der Waals surface area contributed by atoms with Crippen molar-refractivity contribution in [1.82, 2.24) is 5.32 Å². The highest BCUT2D eigenvalue weighted by molar-refractivity contribution is 9.09. The number of nitrogens with one attached hydrogen (secondary N) is 1. The maximum absolute atomic E-state index is 13.4. The lowest BCUT2D eigenvalue weighted by Gasteiger charge is -2.22. The van der Waals surface area contributed by atoms with E-state index >= 15 is 0 Å². The second kappa shape index (κ2) is 10.6. The molecule has 0 aliphatic heterocycles. The van der Waals surface area contributed by atoms with Crippen LogP contribution in [-0.4, -0.2) is 17.3 Å². The Hall–Kier alpha value is -3.18. The van der Waals surface area contributed by atoms with Gasteiger partial charge in [-0.2, -0.15) is 0 Å². The number of hydrogen-bond acceptors (Lipinski definition) is 2. The third-order valence-corrected chi connectivity index (χ3v) is 5.25. The summed E-state index contributed by atoms with van der Waals surface area (Å²) in [6, 6.07) is 25.9. The van der Waals surface area contributed by atoms with Crippen LogP contribution in [0.4, 0.5) is 10.5 Å². The highest BCUT2D eigenvalue weighted by atomic mass is 79.9. The van der Waals surface area contributed by atoms with Crippen molar-refractivity contribution in [2.45, 2.75) is 13.5 Å². The number of carbonyl (C=O) groups is 2. The number of hydrogen-bond donors (Lipinski definition) is 1. The minimum Gasteiger partial charge on any atom is -0.333 e. The van der Waals surface area contributed by atoms with E-state index in [0.29, 0.717) is 23.1 Å². The Kier molecular flexibility index (Phi) is 7.57. The monoisotopic (exact) mass is 462 g/mol. The Bertz CT molecular complexity index is 1030. The van der Waals surface area contributed by atoms with Gasteiger partial charge < -0.3 is 5.32 Å². The van der Waals surface area contributed by atoms with Crippen molar-refractivity contribution in [2.24, 2.45) is 0 Å². The summed E-state index contributed by atoms with van der Waals surface area (Å²) < 4.78 is 0. The third-order valence-electron chi connectivity index (χ3n) is 4.64. The van der Waals surface area contributed by atoms with Crippen LogP contribution in [0.2, 0.25) is 0 Å². The summed E-state index contributed by atoms with van der Waals surface area (Å²) in [5.41, 5.74) is 3.97. The standard InChI is InChI=1S/C25H23BrN2O2/c1-19-10-8-9-13-21(19)16-22(17-26)24(29)28(23-14-6-3-7-15-23)25(30)27-18-20-11-4-2-5-12-20/h2-16H,17-18H2,1H3,(H,27,30)/b22-16+. The number of para-hydroxylation sites is 1. The van der Waals surface area contributed by atoms with Crippen LogP contribution in [0.5, 0.6) is 0 Å². The first kappa shape index (κ1) is 21.5. The van der Waals surface area contributed by atoms with Crippen molar-refractivity contribution in [3.05, 3.63) is 107 Å². The first-order valence-corrected chi connectivity index (χ1v) is 10.8. The molecule has 0 aliphatic carbocycles. The molecule has 3 amide bonds. The number of urea groups is 1. The molecule has 0 aliphatic rings. The first-order valence-electron chi connectivity index (χ1n) is 9.63. The molecule has 0 heterocycles. The van der Waals surface area contributed by atoms with E-state index in [-0.39, 0.29) is 5.91 Å². The molecule has 4 nitrogen and oxygen atoms in total. The lowest BCUT2D eigenvalue weighted by molar-refractivity contribution is -0.114. The molecule has 0 atom stereocenters. The fourth-order valence-corrected chi connectivity index (χ4v) is 3.40. The lowest BCUT2D eigenvalue weighted by Crippen LogP contribution is -2.44. The molecule has 0 saturated carbocycles. The predicted octanol–water partition coefficient (Wildman–Crippen LogP) is 5.72. The number of benzene rings is 3. The second-order valence-corrected chi connectivity index (χ2v) is 7.34. The largest absolute Gasteiger partial charge is 0.333 e. The molecule has 5 heteroatoms. The highest BCUT2D eigenvalue weighted by Crippen LogP contribution is 2.20. The predicted molar refractivity (Wildman–Crippen MR) is 126 cm³/mol. The zero-order chi connectivity index (χ0) is 21.3.